The standard InChI is InChI=1S/C10H23N5O/c1-10(2,16)8-14-4-6-15(7-5-14)9(12-3)13-11/h16H,4-8,11H2,1-3H3,(H,12,13). The lowest BCUT2D eigenvalue weighted by Crippen LogP contribution is -2.55. The minimum absolute atomic E-state index is 0.629. The van der Waals surface area contributed by atoms with Crippen LogP contribution in [-0.4, -0.2) is 66.2 Å². The highest BCUT2D eigenvalue weighted by molar-refractivity contribution is 5.79. The molecule has 1 aliphatic rings. The Bertz CT molecular complexity index is 240. The molecule has 0 aromatic carbocycles. The van der Waals surface area contributed by atoms with Gasteiger partial charge in [0.25, 0.3) is 0 Å². The summed E-state index contributed by atoms with van der Waals surface area (Å²) in [6.07, 6.45) is 0. The summed E-state index contributed by atoms with van der Waals surface area (Å²) in [5.41, 5.74) is 1.96. The molecule has 0 atom stereocenters. The van der Waals surface area contributed by atoms with Gasteiger partial charge in [0.2, 0.25) is 5.96 Å². The third-order valence-corrected chi connectivity index (χ3v) is 2.62. The number of nitrogens with one attached hydrogen (secondary N) is 1. The summed E-state index contributed by atoms with van der Waals surface area (Å²) in [4.78, 5) is 8.43. The monoisotopic (exact) mass is 229 g/mol. The van der Waals surface area contributed by atoms with Crippen molar-refractivity contribution in [2.24, 2.45) is 10.8 Å². The molecule has 0 aromatic heterocycles. The van der Waals surface area contributed by atoms with Gasteiger partial charge in [0.05, 0.1) is 5.60 Å². The molecule has 0 radical (unpaired) electrons. The zero-order valence-electron chi connectivity index (χ0n) is 10.4. The Morgan fingerprint density at radius 2 is 1.94 bits per heavy atom. The second-order valence-corrected chi connectivity index (χ2v) is 4.77. The summed E-state index contributed by atoms with van der Waals surface area (Å²) >= 11 is 0. The molecule has 0 spiro atoms. The number of hydrogen-bond donors (Lipinski definition) is 3. The molecule has 1 fully saturated rings. The molecule has 0 bridgehead atoms. The van der Waals surface area contributed by atoms with E-state index in [1.165, 1.54) is 0 Å². The van der Waals surface area contributed by atoms with E-state index in [0.717, 1.165) is 32.1 Å². The van der Waals surface area contributed by atoms with E-state index in [-0.39, 0.29) is 0 Å². The van der Waals surface area contributed by atoms with E-state index < -0.39 is 5.60 Å². The maximum atomic E-state index is 9.73. The molecule has 0 aliphatic carbocycles. The summed E-state index contributed by atoms with van der Waals surface area (Å²) in [6, 6.07) is 0. The van der Waals surface area contributed by atoms with Crippen LogP contribution in [0.25, 0.3) is 0 Å². The van der Waals surface area contributed by atoms with Crippen LogP contribution in [0.15, 0.2) is 4.99 Å². The molecule has 6 heteroatoms. The van der Waals surface area contributed by atoms with Gasteiger partial charge in [-0.25, -0.2) is 5.84 Å². The van der Waals surface area contributed by atoms with Crippen LogP contribution in [0.5, 0.6) is 0 Å². The number of nitrogens with zero attached hydrogens (tertiary/aromatic N) is 3. The van der Waals surface area contributed by atoms with Crippen LogP contribution in [0, 0.1) is 0 Å². The first-order valence-electron chi connectivity index (χ1n) is 5.59. The molecular formula is C10H23N5O. The highest BCUT2D eigenvalue weighted by Gasteiger charge is 2.23. The van der Waals surface area contributed by atoms with Crippen LogP contribution < -0.4 is 11.3 Å². The van der Waals surface area contributed by atoms with Crippen LogP contribution in [0.4, 0.5) is 0 Å². The van der Waals surface area contributed by atoms with E-state index in [0.29, 0.717) is 6.54 Å². The zero-order chi connectivity index (χ0) is 12.2. The first-order chi connectivity index (χ1) is 7.46. The third-order valence-electron chi connectivity index (χ3n) is 2.62. The smallest absolute Gasteiger partial charge is 0.208 e. The Balaban J connectivity index is 2.40. The third kappa shape index (κ3) is 3.96. The highest BCUT2D eigenvalue weighted by Crippen LogP contribution is 2.08. The van der Waals surface area contributed by atoms with Crippen LogP contribution in [-0.2, 0) is 0 Å². The Kier molecular flexibility index (Phi) is 4.52. The average molecular weight is 229 g/mol. The van der Waals surface area contributed by atoms with Crippen molar-refractivity contribution >= 4 is 5.96 Å². The fraction of sp³-hybridized carbons (Fsp3) is 0.900. The van der Waals surface area contributed by atoms with Gasteiger partial charge >= 0.3 is 0 Å². The summed E-state index contributed by atoms with van der Waals surface area (Å²) in [7, 11) is 1.72. The molecule has 16 heavy (non-hydrogen) atoms. The molecule has 0 unspecified atom stereocenters. The van der Waals surface area contributed by atoms with Gasteiger partial charge in [-0.1, -0.05) is 0 Å². The van der Waals surface area contributed by atoms with Gasteiger partial charge in [0.15, 0.2) is 0 Å². The van der Waals surface area contributed by atoms with E-state index in [4.69, 9.17) is 5.84 Å². The van der Waals surface area contributed by atoms with Crippen molar-refractivity contribution in [3.8, 4) is 0 Å². The van der Waals surface area contributed by atoms with Crippen LogP contribution >= 0.6 is 0 Å². The summed E-state index contributed by atoms with van der Waals surface area (Å²) in [5.74, 6) is 6.10. The number of guanidine groups is 1. The molecule has 0 aromatic rings. The number of hydrogen-bond acceptors (Lipinski definition) is 4. The summed E-state index contributed by atoms with van der Waals surface area (Å²) in [6.45, 7) is 7.98. The molecule has 94 valence electrons. The zero-order valence-corrected chi connectivity index (χ0v) is 10.4. The maximum absolute atomic E-state index is 9.73. The molecular weight excluding hydrogens is 206 g/mol. The fourth-order valence-corrected chi connectivity index (χ4v) is 1.96. The van der Waals surface area contributed by atoms with Crippen molar-refractivity contribution in [2.75, 3.05) is 39.8 Å². The molecule has 1 aliphatic heterocycles. The molecule has 4 N–H and O–H groups in total. The summed E-state index contributed by atoms with van der Waals surface area (Å²) in [5, 5.41) is 9.73. The maximum Gasteiger partial charge on any atom is 0.208 e. The molecule has 1 saturated heterocycles. The second-order valence-electron chi connectivity index (χ2n) is 4.77. The minimum Gasteiger partial charge on any atom is -0.389 e. The minimum atomic E-state index is -0.629. The van der Waals surface area contributed by atoms with E-state index in [9.17, 15) is 5.11 Å². The van der Waals surface area contributed by atoms with Crippen molar-refractivity contribution in [3.05, 3.63) is 0 Å². The van der Waals surface area contributed by atoms with Gasteiger partial charge in [0.1, 0.15) is 0 Å². The first-order valence-corrected chi connectivity index (χ1v) is 5.59. The van der Waals surface area contributed by atoms with E-state index in [1.54, 1.807) is 7.05 Å². The topological polar surface area (TPSA) is 77.1 Å². The lowest BCUT2D eigenvalue weighted by atomic mass is 10.1. The lowest BCUT2D eigenvalue weighted by Gasteiger charge is -2.38. The average Bonchev–Trinajstić information content (AvgIpc) is 2.20. The van der Waals surface area contributed by atoms with Crippen molar-refractivity contribution in [2.45, 2.75) is 19.4 Å². The Morgan fingerprint density at radius 1 is 1.38 bits per heavy atom. The van der Waals surface area contributed by atoms with Gasteiger partial charge in [-0.15, -0.1) is 0 Å². The number of nitrogens with two attached hydrogens (primary N) is 1. The van der Waals surface area contributed by atoms with Crippen molar-refractivity contribution in [3.63, 3.8) is 0 Å². The Labute approximate surface area is 97.1 Å². The van der Waals surface area contributed by atoms with Gasteiger partial charge in [-0.05, 0) is 13.8 Å². The predicted octanol–water partition coefficient (Wildman–Crippen LogP) is -1.18. The molecule has 1 heterocycles. The van der Waals surface area contributed by atoms with Gasteiger partial charge < -0.3 is 10.0 Å². The van der Waals surface area contributed by atoms with Crippen LogP contribution in [0.3, 0.4) is 0 Å². The largest absolute Gasteiger partial charge is 0.389 e. The number of piperazine rings is 1. The molecule has 0 amide bonds. The van der Waals surface area contributed by atoms with E-state index >= 15 is 0 Å². The van der Waals surface area contributed by atoms with Crippen molar-refractivity contribution < 1.29 is 5.11 Å². The second kappa shape index (κ2) is 5.47. The number of aliphatic hydroxyl groups is 1. The first kappa shape index (κ1) is 13.2. The normalized spacial score (nSPS) is 20.1. The SMILES string of the molecule is CN=C(NN)N1CCN(CC(C)(C)O)CC1. The molecule has 0 saturated carbocycles. The number of β-amino-alcohol motifs (C(OH)–C–C–N with tert-alkyl or cyclic N) is 1. The van der Waals surface area contributed by atoms with Crippen molar-refractivity contribution in [1.82, 2.24) is 15.2 Å². The van der Waals surface area contributed by atoms with Crippen LogP contribution in [0.1, 0.15) is 13.8 Å². The Morgan fingerprint density at radius 3 is 2.31 bits per heavy atom. The van der Waals surface area contributed by atoms with Crippen LogP contribution in [0.2, 0.25) is 0 Å². The van der Waals surface area contributed by atoms with E-state index in [2.05, 4.69) is 20.2 Å². The quantitative estimate of drug-likeness (QED) is 0.241. The number of aliphatic imine (C=N–C) groups is 1. The fourth-order valence-electron chi connectivity index (χ4n) is 1.96. The summed E-state index contributed by atoms with van der Waals surface area (Å²) < 4.78 is 0. The van der Waals surface area contributed by atoms with Gasteiger partial charge in [-0.2, -0.15) is 0 Å². The van der Waals surface area contributed by atoms with Gasteiger partial charge in [0, 0.05) is 39.8 Å². The number of hydrazine groups is 1. The Hall–Kier alpha value is -0.850. The number of rotatable bonds is 2. The van der Waals surface area contributed by atoms with E-state index in [1.807, 2.05) is 13.8 Å². The lowest BCUT2D eigenvalue weighted by molar-refractivity contribution is 0.0248. The van der Waals surface area contributed by atoms with Gasteiger partial charge in [-0.3, -0.25) is 15.3 Å². The molecule has 6 nitrogen and oxygen atoms in total. The molecule has 1 rings (SSSR count). The highest BCUT2D eigenvalue weighted by atomic mass is 16.3. The van der Waals surface area contributed by atoms with Crippen molar-refractivity contribution in [1.29, 1.82) is 0 Å². The predicted molar refractivity (Wildman–Crippen MR) is 65.0 cm³/mol.